The molecular formula is C18H22FN3O3S2. The van der Waals surface area contributed by atoms with Crippen LogP contribution in [0, 0.1) is 5.82 Å². The number of nitrogens with one attached hydrogen (secondary N) is 1. The Morgan fingerprint density at radius 3 is 2.44 bits per heavy atom. The molecule has 0 radical (unpaired) electrons. The van der Waals surface area contributed by atoms with Gasteiger partial charge in [0.25, 0.3) is 0 Å². The van der Waals surface area contributed by atoms with Crippen LogP contribution >= 0.6 is 11.3 Å². The van der Waals surface area contributed by atoms with Crippen LogP contribution < -0.4 is 5.32 Å². The molecule has 1 aromatic heterocycles. The van der Waals surface area contributed by atoms with E-state index in [4.69, 9.17) is 0 Å². The van der Waals surface area contributed by atoms with Crippen molar-refractivity contribution in [1.82, 2.24) is 14.5 Å². The third-order valence-corrected chi connectivity index (χ3v) is 7.47. The summed E-state index contributed by atoms with van der Waals surface area (Å²) in [5.74, 6) is -0.549. The number of nitrogens with zero attached hydrogens (tertiary/aromatic N) is 2. The molecule has 0 bridgehead atoms. The summed E-state index contributed by atoms with van der Waals surface area (Å²) in [6.45, 7) is 3.72. The zero-order chi connectivity index (χ0) is 19.4. The first kappa shape index (κ1) is 19.9. The van der Waals surface area contributed by atoms with Gasteiger partial charge in [-0.15, -0.1) is 11.3 Å². The number of piperazine rings is 1. The molecule has 1 aliphatic rings. The highest BCUT2D eigenvalue weighted by molar-refractivity contribution is 7.89. The molecule has 0 saturated carbocycles. The highest BCUT2D eigenvalue weighted by atomic mass is 32.2. The van der Waals surface area contributed by atoms with Gasteiger partial charge in [0.2, 0.25) is 15.9 Å². The van der Waals surface area contributed by atoms with E-state index in [0.717, 1.165) is 17.0 Å². The molecular weight excluding hydrogens is 389 g/mol. The quantitative estimate of drug-likeness (QED) is 0.790. The van der Waals surface area contributed by atoms with Crippen LogP contribution in [0.25, 0.3) is 0 Å². The van der Waals surface area contributed by atoms with E-state index < -0.39 is 15.8 Å². The van der Waals surface area contributed by atoms with Crippen molar-refractivity contribution in [3.8, 4) is 0 Å². The van der Waals surface area contributed by atoms with Crippen LogP contribution in [0.1, 0.15) is 17.8 Å². The lowest BCUT2D eigenvalue weighted by Gasteiger charge is -2.33. The van der Waals surface area contributed by atoms with Crippen molar-refractivity contribution in [3.63, 3.8) is 0 Å². The van der Waals surface area contributed by atoms with Crippen molar-refractivity contribution in [2.45, 2.75) is 17.9 Å². The lowest BCUT2D eigenvalue weighted by molar-refractivity contribution is -0.123. The molecule has 2 aromatic rings. The Morgan fingerprint density at radius 1 is 1.19 bits per heavy atom. The van der Waals surface area contributed by atoms with E-state index in [0.29, 0.717) is 26.2 Å². The van der Waals surface area contributed by atoms with Gasteiger partial charge in [-0.2, -0.15) is 4.31 Å². The highest BCUT2D eigenvalue weighted by Crippen LogP contribution is 2.19. The number of carbonyl (C=O) groups is 1. The summed E-state index contributed by atoms with van der Waals surface area (Å²) in [5.41, 5.74) is 0. The van der Waals surface area contributed by atoms with Gasteiger partial charge in [0.15, 0.2) is 0 Å². The molecule has 27 heavy (non-hydrogen) atoms. The monoisotopic (exact) mass is 411 g/mol. The molecule has 1 aliphatic heterocycles. The minimum atomic E-state index is -3.64. The molecule has 146 valence electrons. The number of carbonyl (C=O) groups excluding carboxylic acids is 1. The van der Waals surface area contributed by atoms with Crippen LogP contribution in [-0.4, -0.2) is 56.3 Å². The molecule has 1 atom stereocenters. The first-order valence-electron chi connectivity index (χ1n) is 8.67. The van der Waals surface area contributed by atoms with Crippen LogP contribution in [0.4, 0.5) is 4.39 Å². The summed E-state index contributed by atoms with van der Waals surface area (Å²) in [4.78, 5) is 15.3. The fraction of sp³-hybridized carbons (Fsp3) is 0.389. The van der Waals surface area contributed by atoms with Crippen LogP contribution in [0.2, 0.25) is 0 Å². The zero-order valence-corrected chi connectivity index (χ0v) is 16.6. The molecule has 1 fully saturated rings. The highest BCUT2D eigenvalue weighted by Gasteiger charge is 2.29. The lowest BCUT2D eigenvalue weighted by atomic mass is 10.2. The Balaban J connectivity index is 1.51. The molecule has 9 heteroatoms. The third kappa shape index (κ3) is 4.92. The molecule has 1 saturated heterocycles. The third-order valence-electron chi connectivity index (χ3n) is 4.50. The second kappa shape index (κ2) is 8.47. The Morgan fingerprint density at radius 2 is 1.85 bits per heavy atom. The fourth-order valence-electron chi connectivity index (χ4n) is 2.98. The van der Waals surface area contributed by atoms with Gasteiger partial charge < -0.3 is 5.32 Å². The van der Waals surface area contributed by atoms with Gasteiger partial charge in [-0.1, -0.05) is 6.07 Å². The smallest absolute Gasteiger partial charge is 0.243 e. The van der Waals surface area contributed by atoms with Crippen molar-refractivity contribution in [2.24, 2.45) is 0 Å². The summed E-state index contributed by atoms with van der Waals surface area (Å²) in [6, 6.07) is 8.72. The number of sulfonamides is 1. The second-order valence-corrected chi connectivity index (χ2v) is 9.36. The van der Waals surface area contributed by atoms with Gasteiger partial charge in [0.1, 0.15) is 5.82 Å². The zero-order valence-electron chi connectivity index (χ0n) is 15.0. The molecule has 1 N–H and O–H groups in total. The van der Waals surface area contributed by atoms with Crippen LogP contribution in [0.3, 0.4) is 0 Å². The normalized spacial score (nSPS) is 17.6. The number of hydrogen-bond acceptors (Lipinski definition) is 5. The number of amides is 1. The molecule has 3 rings (SSSR count). The number of thiophene rings is 1. The Hall–Kier alpha value is -1.81. The van der Waals surface area contributed by atoms with Crippen molar-refractivity contribution in [1.29, 1.82) is 0 Å². The molecule has 6 nitrogen and oxygen atoms in total. The van der Waals surface area contributed by atoms with Gasteiger partial charge in [0, 0.05) is 31.1 Å². The standard InChI is InChI=1S/C18H22FN3O3S2/c1-14(17-3-2-12-26-17)20-18(23)13-21-8-10-22(11-9-21)27(24,25)16-6-4-15(19)5-7-16/h2-7,12,14H,8-11,13H2,1H3,(H,20,23)/t14-/m1/s1. The molecule has 0 aliphatic carbocycles. The SMILES string of the molecule is C[C@@H](NC(=O)CN1CCN(S(=O)(=O)c2ccc(F)cc2)CC1)c1cccs1. The summed E-state index contributed by atoms with van der Waals surface area (Å²) < 4.78 is 39.6. The maximum Gasteiger partial charge on any atom is 0.243 e. The van der Waals surface area contributed by atoms with Gasteiger partial charge in [-0.25, -0.2) is 12.8 Å². The maximum absolute atomic E-state index is 13.0. The number of hydrogen-bond donors (Lipinski definition) is 1. The van der Waals surface area contributed by atoms with Crippen LogP contribution in [0.5, 0.6) is 0 Å². The van der Waals surface area contributed by atoms with E-state index in [1.54, 1.807) is 11.3 Å². The summed E-state index contributed by atoms with van der Waals surface area (Å²) >= 11 is 1.60. The summed E-state index contributed by atoms with van der Waals surface area (Å²) in [6.07, 6.45) is 0. The minimum Gasteiger partial charge on any atom is -0.348 e. The lowest BCUT2D eigenvalue weighted by Crippen LogP contribution is -2.51. The first-order valence-corrected chi connectivity index (χ1v) is 11.0. The van der Waals surface area contributed by atoms with E-state index in [-0.39, 0.29) is 23.4 Å². The fourth-order valence-corrected chi connectivity index (χ4v) is 5.14. The summed E-state index contributed by atoms with van der Waals surface area (Å²) in [7, 11) is -3.64. The topological polar surface area (TPSA) is 69.7 Å². The molecule has 1 aromatic carbocycles. The van der Waals surface area contributed by atoms with Gasteiger partial charge in [-0.05, 0) is 42.6 Å². The summed E-state index contributed by atoms with van der Waals surface area (Å²) in [5, 5.41) is 4.94. The Kier molecular flexibility index (Phi) is 6.25. The molecule has 0 spiro atoms. The van der Waals surface area contributed by atoms with E-state index in [1.165, 1.54) is 16.4 Å². The molecule has 0 unspecified atom stereocenters. The van der Waals surface area contributed by atoms with E-state index in [9.17, 15) is 17.6 Å². The molecule has 2 heterocycles. The Bertz CT molecular complexity index is 862. The number of halogens is 1. The van der Waals surface area contributed by atoms with Gasteiger partial charge >= 0.3 is 0 Å². The van der Waals surface area contributed by atoms with E-state index in [2.05, 4.69) is 5.32 Å². The average molecular weight is 412 g/mol. The van der Waals surface area contributed by atoms with Gasteiger partial charge in [0.05, 0.1) is 17.5 Å². The number of benzene rings is 1. The predicted octanol–water partition coefficient (Wildman–Crippen LogP) is 2.07. The van der Waals surface area contributed by atoms with Gasteiger partial charge in [-0.3, -0.25) is 9.69 Å². The first-order chi connectivity index (χ1) is 12.9. The minimum absolute atomic E-state index is 0.0438. The Labute approximate surface area is 162 Å². The van der Waals surface area contributed by atoms with E-state index >= 15 is 0 Å². The maximum atomic E-state index is 13.0. The van der Waals surface area contributed by atoms with E-state index in [1.807, 2.05) is 29.3 Å². The largest absolute Gasteiger partial charge is 0.348 e. The van der Waals surface area contributed by atoms with Crippen LogP contribution in [-0.2, 0) is 14.8 Å². The molecule has 1 amide bonds. The van der Waals surface area contributed by atoms with Crippen LogP contribution in [0.15, 0.2) is 46.7 Å². The average Bonchev–Trinajstić information content (AvgIpc) is 3.17. The van der Waals surface area contributed by atoms with Crippen molar-refractivity contribution >= 4 is 27.3 Å². The van der Waals surface area contributed by atoms with Crippen molar-refractivity contribution in [3.05, 3.63) is 52.5 Å². The predicted molar refractivity (Wildman–Crippen MR) is 102 cm³/mol. The van der Waals surface area contributed by atoms with Crippen molar-refractivity contribution in [2.75, 3.05) is 32.7 Å². The van der Waals surface area contributed by atoms with Crippen molar-refractivity contribution < 1.29 is 17.6 Å². The second-order valence-electron chi connectivity index (χ2n) is 6.44. The number of rotatable bonds is 6.